The summed E-state index contributed by atoms with van der Waals surface area (Å²) in [4.78, 5) is 55.3. The monoisotopic (exact) mass is 556 g/mol. The number of carbonyl (C=O) groups is 4. The van der Waals surface area contributed by atoms with Gasteiger partial charge in [0.2, 0.25) is 11.8 Å². The first-order valence-electron chi connectivity index (χ1n) is 14.1. The molecule has 1 aromatic carbocycles. The van der Waals surface area contributed by atoms with Crippen LogP contribution in [0.2, 0.25) is 0 Å². The summed E-state index contributed by atoms with van der Waals surface area (Å²) in [5.41, 5.74) is 4.44. The number of amides is 4. The average Bonchev–Trinajstić information content (AvgIpc) is 3.64. The first kappa shape index (κ1) is 25.6. The van der Waals surface area contributed by atoms with Crippen LogP contribution in [0.3, 0.4) is 0 Å². The van der Waals surface area contributed by atoms with E-state index in [-0.39, 0.29) is 35.8 Å². The highest BCUT2D eigenvalue weighted by atomic mass is 19.1. The van der Waals surface area contributed by atoms with Gasteiger partial charge in [-0.2, -0.15) is 5.10 Å². The molecule has 4 amide bonds. The van der Waals surface area contributed by atoms with E-state index in [0.29, 0.717) is 17.5 Å². The number of anilines is 1. The summed E-state index contributed by atoms with van der Waals surface area (Å²) >= 11 is 0. The molecule has 1 saturated heterocycles. The summed E-state index contributed by atoms with van der Waals surface area (Å²) in [7, 11) is 0. The van der Waals surface area contributed by atoms with E-state index in [0.717, 1.165) is 59.8 Å². The Labute approximate surface area is 235 Å². The van der Waals surface area contributed by atoms with Crippen molar-refractivity contribution in [3.63, 3.8) is 0 Å². The van der Waals surface area contributed by atoms with E-state index >= 15 is 0 Å². The highest BCUT2D eigenvalue weighted by Gasteiger charge is 2.44. The number of carbonyl (C=O) groups excluding carboxylic acids is 4. The zero-order valence-corrected chi connectivity index (χ0v) is 22.5. The van der Waals surface area contributed by atoms with E-state index < -0.39 is 29.7 Å². The Hall–Kier alpha value is -4.41. The Kier molecular flexibility index (Phi) is 5.98. The van der Waals surface area contributed by atoms with Gasteiger partial charge in [0.1, 0.15) is 11.9 Å². The molecule has 2 N–H and O–H groups in total. The van der Waals surface area contributed by atoms with Gasteiger partial charge in [-0.3, -0.25) is 34.1 Å². The summed E-state index contributed by atoms with van der Waals surface area (Å²) in [5.74, 6) is -1.48. The minimum atomic E-state index is -0.977. The second-order valence-electron chi connectivity index (χ2n) is 11.6. The van der Waals surface area contributed by atoms with Crippen LogP contribution in [-0.2, 0) is 16.1 Å². The molecule has 7 rings (SSSR count). The summed E-state index contributed by atoms with van der Waals surface area (Å²) < 4.78 is 15.8. The maximum absolute atomic E-state index is 13.8. The molecule has 4 aliphatic rings. The Bertz CT molecular complexity index is 1620. The van der Waals surface area contributed by atoms with Crippen LogP contribution >= 0.6 is 0 Å². The Morgan fingerprint density at radius 2 is 1.78 bits per heavy atom. The molecule has 0 spiro atoms. The molecular formula is C30H29FN6O4. The van der Waals surface area contributed by atoms with E-state index in [2.05, 4.69) is 15.6 Å². The van der Waals surface area contributed by atoms with E-state index in [1.807, 2.05) is 10.9 Å². The van der Waals surface area contributed by atoms with Gasteiger partial charge in [0.15, 0.2) is 0 Å². The number of benzene rings is 1. The Morgan fingerprint density at radius 3 is 2.51 bits per heavy atom. The molecule has 2 aromatic heterocycles. The normalized spacial score (nSPS) is 23.9. The molecule has 2 saturated carbocycles. The molecule has 10 nitrogen and oxygen atoms in total. The molecule has 4 heterocycles. The number of nitrogens with zero attached hydrogens (tertiary/aromatic N) is 4. The molecule has 2 aliphatic heterocycles. The molecule has 41 heavy (non-hydrogen) atoms. The lowest BCUT2D eigenvalue weighted by atomic mass is 9.80. The van der Waals surface area contributed by atoms with Crippen LogP contribution in [0.5, 0.6) is 0 Å². The SMILES string of the molecule is Cc1nc(-c2cn(CC3CC(Nc4ccc5c(c4)C(=O)N(C4CCC(=O)NC4=O)C5=O)C3)nc2C2CC2)ccc1F. The van der Waals surface area contributed by atoms with Crippen molar-refractivity contribution in [3.8, 4) is 11.3 Å². The van der Waals surface area contributed by atoms with Gasteiger partial charge in [-0.1, -0.05) is 0 Å². The van der Waals surface area contributed by atoms with E-state index in [4.69, 9.17) is 5.10 Å². The highest BCUT2D eigenvalue weighted by molar-refractivity contribution is 6.23. The predicted octanol–water partition coefficient (Wildman–Crippen LogP) is 3.56. The number of pyridine rings is 1. The lowest BCUT2D eigenvalue weighted by molar-refractivity contribution is -0.136. The van der Waals surface area contributed by atoms with Crippen LogP contribution in [0.15, 0.2) is 36.5 Å². The minimum Gasteiger partial charge on any atom is -0.382 e. The van der Waals surface area contributed by atoms with E-state index in [1.165, 1.54) is 6.07 Å². The maximum Gasteiger partial charge on any atom is 0.262 e. The first-order valence-corrected chi connectivity index (χ1v) is 14.1. The van der Waals surface area contributed by atoms with Crippen molar-refractivity contribution < 1.29 is 23.6 Å². The fourth-order valence-corrected chi connectivity index (χ4v) is 6.14. The molecule has 2 aliphatic carbocycles. The summed E-state index contributed by atoms with van der Waals surface area (Å²) in [6.07, 6.45) is 6.32. The van der Waals surface area contributed by atoms with Crippen LogP contribution in [0.25, 0.3) is 11.3 Å². The van der Waals surface area contributed by atoms with Gasteiger partial charge in [-0.25, -0.2) is 9.37 Å². The number of piperidine rings is 1. The van der Waals surface area contributed by atoms with Gasteiger partial charge in [-0.05, 0) is 75.3 Å². The molecule has 3 fully saturated rings. The third-order valence-corrected chi connectivity index (χ3v) is 8.54. The molecular weight excluding hydrogens is 527 g/mol. The van der Waals surface area contributed by atoms with Gasteiger partial charge < -0.3 is 5.32 Å². The van der Waals surface area contributed by atoms with Gasteiger partial charge in [0.05, 0.1) is 28.2 Å². The molecule has 11 heteroatoms. The Morgan fingerprint density at radius 1 is 1.00 bits per heavy atom. The number of rotatable bonds is 7. The van der Waals surface area contributed by atoms with Crippen molar-refractivity contribution in [3.05, 3.63) is 64.9 Å². The molecule has 1 atom stereocenters. The third-order valence-electron chi connectivity index (χ3n) is 8.54. The number of halogens is 1. The largest absolute Gasteiger partial charge is 0.382 e. The van der Waals surface area contributed by atoms with Crippen molar-refractivity contribution in [2.45, 2.75) is 70.0 Å². The number of imide groups is 2. The van der Waals surface area contributed by atoms with E-state index in [9.17, 15) is 23.6 Å². The van der Waals surface area contributed by atoms with Crippen LogP contribution < -0.4 is 10.6 Å². The van der Waals surface area contributed by atoms with Crippen molar-refractivity contribution in [1.82, 2.24) is 25.0 Å². The number of hydrogen-bond donors (Lipinski definition) is 2. The van der Waals surface area contributed by atoms with Crippen LogP contribution in [0, 0.1) is 18.7 Å². The zero-order chi connectivity index (χ0) is 28.4. The fourth-order valence-electron chi connectivity index (χ4n) is 6.14. The minimum absolute atomic E-state index is 0.0873. The summed E-state index contributed by atoms with van der Waals surface area (Å²) in [5, 5.41) is 10.6. The lowest BCUT2D eigenvalue weighted by Gasteiger charge is -2.36. The smallest absolute Gasteiger partial charge is 0.262 e. The van der Waals surface area contributed by atoms with E-state index in [1.54, 1.807) is 31.2 Å². The molecule has 0 radical (unpaired) electrons. The van der Waals surface area contributed by atoms with Crippen molar-refractivity contribution in [1.29, 1.82) is 0 Å². The fraction of sp³-hybridized carbons (Fsp3) is 0.400. The van der Waals surface area contributed by atoms with Crippen molar-refractivity contribution in [2.75, 3.05) is 5.32 Å². The number of nitrogens with one attached hydrogen (secondary N) is 2. The number of aromatic nitrogens is 3. The van der Waals surface area contributed by atoms with Crippen LogP contribution in [0.1, 0.15) is 76.5 Å². The van der Waals surface area contributed by atoms with Crippen LogP contribution in [0.4, 0.5) is 10.1 Å². The van der Waals surface area contributed by atoms with Crippen molar-refractivity contribution in [2.24, 2.45) is 5.92 Å². The molecule has 210 valence electrons. The first-order chi connectivity index (χ1) is 19.7. The standard InChI is InChI=1S/C30H29FN6O4/c1-15-23(31)6-7-24(32-15)22-14-36(35-27(22)17-2-3-17)13-16-10-19(11-16)33-18-4-5-20-21(12-18)30(41)37(29(20)40)25-8-9-26(38)34-28(25)39/h4-7,12,14,16-17,19,25,33H,2-3,8-11,13H2,1H3,(H,34,38,39). The van der Waals surface area contributed by atoms with Gasteiger partial charge in [-0.15, -0.1) is 0 Å². The molecule has 1 unspecified atom stereocenters. The van der Waals surface area contributed by atoms with Gasteiger partial charge in [0, 0.05) is 42.4 Å². The second kappa shape index (κ2) is 9.60. The van der Waals surface area contributed by atoms with Gasteiger partial charge in [0.25, 0.3) is 11.8 Å². The van der Waals surface area contributed by atoms with Crippen molar-refractivity contribution >= 4 is 29.3 Å². The zero-order valence-electron chi connectivity index (χ0n) is 22.5. The predicted molar refractivity (Wildman–Crippen MR) is 145 cm³/mol. The Balaban J connectivity index is 0.993. The third kappa shape index (κ3) is 4.58. The quantitative estimate of drug-likeness (QED) is 0.426. The maximum atomic E-state index is 13.8. The summed E-state index contributed by atoms with van der Waals surface area (Å²) in [6, 6.07) is 7.50. The summed E-state index contributed by atoms with van der Waals surface area (Å²) in [6.45, 7) is 2.45. The average molecular weight is 557 g/mol. The number of aryl methyl sites for hydroxylation is 1. The molecule has 3 aromatic rings. The molecule has 0 bridgehead atoms. The topological polar surface area (TPSA) is 126 Å². The van der Waals surface area contributed by atoms with Gasteiger partial charge >= 0.3 is 0 Å². The second-order valence-corrected chi connectivity index (χ2v) is 11.6. The highest BCUT2D eigenvalue weighted by Crippen LogP contribution is 2.44. The number of fused-ring (bicyclic) bond motifs is 1. The number of hydrogen-bond acceptors (Lipinski definition) is 7. The van der Waals surface area contributed by atoms with Crippen LogP contribution in [-0.4, -0.2) is 55.4 Å². The lowest BCUT2D eigenvalue weighted by Crippen LogP contribution is -2.54.